The van der Waals surface area contributed by atoms with Gasteiger partial charge in [-0.25, -0.2) is 13.4 Å². The van der Waals surface area contributed by atoms with Crippen molar-refractivity contribution in [3.63, 3.8) is 0 Å². The number of anilines is 1. The molecule has 0 spiro atoms. The lowest BCUT2D eigenvalue weighted by molar-refractivity contribution is -0.118. The third-order valence-electron chi connectivity index (χ3n) is 6.02. The quantitative estimate of drug-likeness (QED) is 0.449. The number of benzene rings is 2. The first kappa shape index (κ1) is 23.9. The summed E-state index contributed by atoms with van der Waals surface area (Å²) < 4.78 is 31.1. The van der Waals surface area contributed by atoms with E-state index in [2.05, 4.69) is 19.9 Å². The van der Waals surface area contributed by atoms with Gasteiger partial charge in [-0.3, -0.25) is 9.69 Å². The molecule has 1 aliphatic rings. The Labute approximate surface area is 199 Å². The second-order valence-corrected chi connectivity index (χ2v) is 12.0. The molecule has 1 amide bonds. The van der Waals surface area contributed by atoms with Crippen LogP contribution in [0.3, 0.4) is 0 Å². The van der Waals surface area contributed by atoms with Crippen molar-refractivity contribution in [3.8, 4) is 0 Å². The fraction of sp³-hybridized carbons (Fsp3) is 0.440. The molecule has 1 saturated heterocycles. The van der Waals surface area contributed by atoms with Gasteiger partial charge in [-0.05, 0) is 48.1 Å². The van der Waals surface area contributed by atoms with Crippen LogP contribution in [0, 0.1) is 0 Å². The number of aromatic nitrogens is 1. The molecule has 1 aromatic heterocycles. The van der Waals surface area contributed by atoms with E-state index in [1.165, 1.54) is 16.9 Å². The summed E-state index contributed by atoms with van der Waals surface area (Å²) in [6.45, 7) is 7.10. The van der Waals surface area contributed by atoms with Gasteiger partial charge in [0.15, 0.2) is 15.0 Å². The minimum atomic E-state index is -3.26. The number of hydrogen-bond acceptors (Lipinski definition) is 6. The van der Waals surface area contributed by atoms with Crippen LogP contribution in [0.25, 0.3) is 10.2 Å². The Morgan fingerprint density at radius 3 is 2.61 bits per heavy atom. The van der Waals surface area contributed by atoms with Gasteiger partial charge in [0.05, 0.1) is 39.9 Å². The predicted octanol–water partition coefficient (Wildman–Crippen LogP) is 4.97. The maximum atomic E-state index is 13.5. The first-order valence-corrected chi connectivity index (χ1v) is 13.9. The van der Waals surface area contributed by atoms with E-state index in [4.69, 9.17) is 9.72 Å². The van der Waals surface area contributed by atoms with Gasteiger partial charge in [0, 0.05) is 6.61 Å². The Hall–Kier alpha value is -2.29. The van der Waals surface area contributed by atoms with E-state index in [0.717, 1.165) is 35.2 Å². The fourth-order valence-corrected chi connectivity index (χ4v) is 5.98. The monoisotopic (exact) mass is 486 g/mol. The van der Waals surface area contributed by atoms with E-state index in [9.17, 15) is 13.2 Å². The Morgan fingerprint density at radius 1 is 1.21 bits per heavy atom. The zero-order valence-electron chi connectivity index (χ0n) is 19.3. The van der Waals surface area contributed by atoms with Crippen molar-refractivity contribution in [2.24, 2.45) is 0 Å². The van der Waals surface area contributed by atoms with Crippen LogP contribution in [0.15, 0.2) is 47.4 Å². The molecule has 6 nitrogen and oxygen atoms in total. The average molecular weight is 487 g/mol. The lowest BCUT2D eigenvalue weighted by atomic mass is 10.0. The summed E-state index contributed by atoms with van der Waals surface area (Å²) in [4.78, 5) is 20.4. The summed E-state index contributed by atoms with van der Waals surface area (Å²) in [6.07, 6.45) is 2.10. The highest BCUT2D eigenvalue weighted by atomic mass is 32.2. The van der Waals surface area contributed by atoms with E-state index < -0.39 is 9.84 Å². The number of hydrogen-bond donors (Lipinski definition) is 0. The second-order valence-electron chi connectivity index (χ2n) is 8.71. The van der Waals surface area contributed by atoms with Crippen molar-refractivity contribution in [3.05, 3.63) is 53.6 Å². The summed E-state index contributed by atoms with van der Waals surface area (Å²) in [5, 5.41) is 0.684. The number of nitrogens with zero attached hydrogens (tertiary/aromatic N) is 2. The predicted molar refractivity (Wildman–Crippen MR) is 133 cm³/mol. The topological polar surface area (TPSA) is 76.6 Å². The Bertz CT molecular complexity index is 1230. The highest BCUT2D eigenvalue weighted by Gasteiger charge is 2.27. The minimum Gasteiger partial charge on any atom is -0.376 e. The molecule has 1 atom stereocenters. The molecule has 3 aromatic rings. The number of thiazole rings is 1. The van der Waals surface area contributed by atoms with E-state index in [1.54, 1.807) is 36.1 Å². The van der Waals surface area contributed by atoms with Crippen LogP contribution in [-0.4, -0.2) is 44.3 Å². The maximum absolute atomic E-state index is 13.5. The van der Waals surface area contributed by atoms with Gasteiger partial charge in [0.2, 0.25) is 5.91 Å². The van der Waals surface area contributed by atoms with Gasteiger partial charge < -0.3 is 4.74 Å². The van der Waals surface area contributed by atoms with Crippen LogP contribution in [0.5, 0.6) is 0 Å². The van der Waals surface area contributed by atoms with Crippen LogP contribution in [0.2, 0.25) is 0 Å². The molecule has 8 heteroatoms. The number of carbonyl (C=O) groups is 1. The van der Waals surface area contributed by atoms with Gasteiger partial charge in [0.25, 0.3) is 0 Å². The minimum absolute atomic E-state index is 0.00241. The largest absolute Gasteiger partial charge is 0.376 e. The molecule has 176 valence electrons. The van der Waals surface area contributed by atoms with Crippen molar-refractivity contribution in [1.82, 2.24) is 4.98 Å². The number of rotatable bonds is 8. The average Bonchev–Trinajstić information content (AvgIpc) is 3.47. The van der Waals surface area contributed by atoms with Gasteiger partial charge in [0.1, 0.15) is 0 Å². The molecule has 0 aliphatic carbocycles. The molecule has 33 heavy (non-hydrogen) atoms. The highest BCUT2D eigenvalue weighted by Crippen LogP contribution is 2.34. The molecule has 0 bridgehead atoms. The zero-order chi connectivity index (χ0) is 23.6. The standard InChI is InChI=1S/C25H30N2O4S2/c1-4-33(29,30)20-12-10-18(11-13-20)15-23(28)27(16-19-7-6-14-31-19)25-26-24-21(17(2)3)8-5-9-22(24)32-25/h5,8-13,17,19H,4,6-7,14-16H2,1-3H3. The Balaban J connectivity index is 1.62. The maximum Gasteiger partial charge on any atom is 0.233 e. The smallest absolute Gasteiger partial charge is 0.233 e. The lowest BCUT2D eigenvalue weighted by Gasteiger charge is -2.23. The van der Waals surface area contributed by atoms with E-state index >= 15 is 0 Å². The van der Waals surface area contributed by atoms with Crippen LogP contribution < -0.4 is 4.90 Å². The molecule has 4 rings (SSSR count). The molecule has 1 fully saturated rings. The zero-order valence-corrected chi connectivity index (χ0v) is 20.9. The van der Waals surface area contributed by atoms with Crippen LogP contribution in [0.4, 0.5) is 5.13 Å². The SMILES string of the molecule is CCS(=O)(=O)c1ccc(CC(=O)N(CC2CCCO2)c2nc3c(C(C)C)cccc3s2)cc1. The van der Waals surface area contributed by atoms with Gasteiger partial charge in [-0.15, -0.1) is 0 Å². The van der Waals surface area contributed by atoms with Crippen LogP contribution in [0.1, 0.15) is 50.7 Å². The number of para-hydroxylation sites is 1. The Morgan fingerprint density at radius 2 is 1.97 bits per heavy atom. The summed E-state index contributed by atoms with van der Waals surface area (Å²) in [5.74, 6) is 0.321. The molecule has 2 aromatic carbocycles. The number of carbonyl (C=O) groups excluding carboxylic acids is 1. The lowest BCUT2D eigenvalue weighted by Crippen LogP contribution is -2.38. The summed E-state index contributed by atoms with van der Waals surface area (Å²) in [6, 6.07) is 12.8. The summed E-state index contributed by atoms with van der Waals surface area (Å²) in [5.41, 5.74) is 2.90. The highest BCUT2D eigenvalue weighted by molar-refractivity contribution is 7.91. The molecule has 0 saturated carbocycles. The van der Waals surface area contributed by atoms with E-state index in [-0.39, 0.29) is 29.1 Å². The fourth-order valence-electron chi connectivity index (χ4n) is 4.07. The molecule has 0 radical (unpaired) electrons. The second kappa shape index (κ2) is 9.91. The van der Waals surface area contributed by atoms with Gasteiger partial charge in [-0.2, -0.15) is 0 Å². The van der Waals surface area contributed by atoms with Crippen molar-refractivity contribution >= 4 is 42.4 Å². The van der Waals surface area contributed by atoms with Crippen molar-refractivity contribution in [1.29, 1.82) is 0 Å². The summed E-state index contributed by atoms with van der Waals surface area (Å²) in [7, 11) is -3.26. The molecule has 0 N–H and O–H groups in total. The number of ether oxygens (including phenoxy) is 1. The first-order valence-electron chi connectivity index (χ1n) is 11.4. The third kappa shape index (κ3) is 5.28. The first-order chi connectivity index (χ1) is 15.8. The van der Waals surface area contributed by atoms with Gasteiger partial charge >= 0.3 is 0 Å². The number of sulfone groups is 1. The molecule has 1 aliphatic heterocycles. The van der Waals surface area contributed by atoms with Crippen LogP contribution in [-0.2, 0) is 25.8 Å². The van der Waals surface area contributed by atoms with Crippen LogP contribution >= 0.6 is 11.3 Å². The molecular weight excluding hydrogens is 456 g/mol. The molecule has 1 unspecified atom stereocenters. The number of amides is 1. The van der Waals surface area contributed by atoms with Gasteiger partial charge in [-0.1, -0.05) is 56.4 Å². The third-order valence-corrected chi connectivity index (χ3v) is 8.81. The van der Waals surface area contributed by atoms with Crippen molar-refractivity contribution in [2.45, 2.75) is 57.0 Å². The normalized spacial score (nSPS) is 16.5. The number of fused-ring (bicyclic) bond motifs is 1. The Kier molecular flexibility index (Phi) is 7.16. The molecular formula is C25H30N2O4S2. The van der Waals surface area contributed by atoms with E-state index in [0.29, 0.717) is 17.6 Å². The van der Waals surface area contributed by atoms with E-state index in [1.807, 2.05) is 12.1 Å². The molecule has 2 heterocycles. The van der Waals surface area contributed by atoms with Crippen molar-refractivity contribution in [2.75, 3.05) is 23.8 Å². The van der Waals surface area contributed by atoms with Crippen molar-refractivity contribution < 1.29 is 17.9 Å². The summed E-state index contributed by atoms with van der Waals surface area (Å²) >= 11 is 1.53.